The molecule has 0 amide bonds. The van der Waals surface area contributed by atoms with Crippen molar-refractivity contribution in [1.82, 2.24) is 5.43 Å². The highest BCUT2D eigenvalue weighted by Crippen LogP contribution is 2.26. The number of rotatable bonds is 6. The summed E-state index contributed by atoms with van der Waals surface area (Å²) in [4.78, 5) is 1.25. The molecule has 0 saturated heterocycles. The van der Waals surface area contributed by atoms with Crippen LogP contribution >= 0.6 is 11.8 Å². The number of aryl methyl sites for hydroxylation is 1. The van der Waals surface area contributed by atoms with Crippen LogP contribution in [-0.2, 0) is 0 Å². The number of ether oxygens (including phenoxy) is 1. The van der Waals surface area contributed by atoms with E-state index in [9.17, 15) is 0 Å². The Morgan fingerprint density at radius 2 is 1.95 bits per heavy atom. The number of thioether (sulfide) groups is 1. The third kappa shape index (κ3) is 4.00. The largest absolute Gasteiger partial charge is 0.497 e. The minimum absolute atomic E-state index is 0.0939. The highest BCUT2D eigenvalue weighted by molar-refractivity contribution is 7.99. The monoisotopic (exact) mass is 288 g/mol. The van der Waals surface area contributed by atoms with Crippen LogP contribution in [0.4, 0.5) is 0 Å². The second-order valence-corrected chi connectivity index (χ2v) is 5.71. The molecule has 0 aliphatic rings. The van der Waals surface area contributed by atoms with Crippen LogP contribution in [0.3, 0.4) is 0 Å². The molecule has 1 atom stereocenters. The number of hydrazine groups is 1. The van der Waals surface area contributed by atoms with Crippen LogP contribution in [0.15, 0.2) is 53.4 Å². The molecule has 106 valence electrons. The number of methoxy groups -OCH3 is 1. The number of hydrogen-bond acceptors (Lipinski definition) is 4. The van der Waals surface area contributed by atoms with E-state index < -0.39 is 0 Å². The van der Waals surface area contributed by atoms with E-state index in [0.29, 0.717) is 0 Å². The highest BCUT2D eigenvalue weighted by atomic mass is 32.2. The Bertz CT molecular complexity index is 542. The molecule has 2 aromatic rings. The fourth-order valence-electron chi connectivity index (χ4n) is 1.91. The van der Waals surface area contributed by atoms with E-state index in [1.54, 1.807) is 18.9 Å². The normalized spacial score (nSPS) is 12.2. The van der Waals surface area contributed by atoms with Gasteiger partial charge >= 0.3 is 0 Å². The molecule has 0 aromatic heterocycles. The van der Waals surface area contributed by atoms with Crippen molar-refractivity contribution in [3.63, 3.8) is 0 Å². The van der Waals surface area contributed by atoms with Crippen molar-refractivity contribution < 1.29 is 4.74 Å². The SMILES string of the molecule is COc1cccc(C(CSc2ccc(C)cc2)NN)c1. The average molecular weight is 288 g/mol. The molecule has 3 nitrogen and oxygen atoms in total. The fourth-order valence-corrected chi connectivity index (χ4v) is 2.89. The van der Waals surface area contributed by atoms with E-state index in [-0.39, 0.29) is 6.04 Å². The van der Waals surface area contributed by atoms with Crippen molar-refractivity contribution in [3.8, 4) is 5.75 Å². The lowest BCUT2D eigenvalue weighted by Crippen LogP contribution is -2.29. The van der Waals surface area contributed by atoms with Crippen LogP contribution in [0.25, 0.3) is 0 Å². The summed E-state index contributed by atoms with van der Waals surface area (Å²) in [6.07, 6.45) is 0. The van der Waals surface area contributed by atoms with Crippen molar-refractivity contribution in [3.05, 3.63) is 59.7 Å². The first-order valence-electron chi connectivity index (χ1n) is 6.52. The van der Waals surface area contributed by atoms with Crippen molar-refractivity contribution in [1.29, 1.82) is 0 Å². The summed E-state index contributed by atoms with van der Waals surface area (Å²) in [6.45, 7) is 2.09. The van der Waals surface area contributed by atoms with Gasteiger partial charge in [0.05, 0.1) is 13.2 Å². The third-order valence-electron chi connectivity index (χ3n) is 3.13. The van der Waals surface area contributed by atoms with E-state index in [2.05, 4.69) is 42.7 Å². The molecule has 0 saturated carbocycles. The number of nitrogens with two attached hydrogens (primary N) is 1. The molecule has 0 aliphatic carbocycles. The summed E-state index contributed by atoms with van der Waals surface area (Å²) in [5.74, 6) is 7.40. The molecule has 3 N–H and O–H groups in total. The zero-order valence-electron chi connectivity index (χ0n) is 11.8. The van der Waals surface area contributed by atoms with Gasteiger partial charge < -0.3 is 4.74 Å². The Labute approximate surface area is 124 Å². The third-order valence-corrected chi connectivity index (χ3v) is 4.24. The second kappa shape index (κ2) is 7.33. The van der Waals surface area contributed by atoms with Crippen LogP contribution in [0.2, 0.25) is 0 Å². The van der Waals surface area contributed by atoms with E-state index >= 15 is 0 Å². The van der Waals surface area contributed by atoms with Gasteiger partial charge in [-0.1, -0.05) is 29.8 Å². The zero-order valence-corrected chi connectivity index (χ0v) is 12.6. The Kier molecular flexibility index (Phi) is 5.47. The molecule has 0 fully saturated rings. The van der Waals surface area contributed by atoms with Gasteiger partial charge in [-0.05, 0) is 36.8 Å². The quantitative estimate of drug-likeness (QED) is 0.486. The van der Waals surface area contributed by atoms with Gasteiger partial charge in [-0.25, -0.2) is 0 Å². The van der Waals surface area contributed by atoms with Crippen LogP contribution < -0.4 is 16.0 Å². The van der Waals surface area contributed by atoms with E-state index in [1.807, 2.05) is 18.2 Å². The topological polar surface area (TPSA) is 47.3 Å². The molecule has 4 heteroatoms. The Balaban J connectivity index is 2.03. The molecule has 0 spiro atoms. The van der Waals surface area contributed by atoms with Gasteiger partial charge in [0.1, 0.15) is 5.75 Å². The summed E-state index contributed by atoms with van der Waals surface area (Å²) in [7, 11) is 1.67. The minimum Gasteiger partial charge on any atom is -0.497 e. The van der Waals surface area contributed by atoms with Gasteiger partial charge in [0, 0.05) is 10.6 Å². The molecule has 20 heavy (non-hydrogen) atoms. The maximum Gasteiger partial charge on any atom is 0.119 e. The lowest BCUT2D eigenvalue weighted by molar-refractivity contribution is 0.413. The predicted octanol–water partition coefficient (Wildman–Crippen LogP) is 3.30. The van der Waals surface area contributed by atoms with Crippen molar-refractivity contribution in [2.24, 2.45) is 5.84 Å². The minimum atomic E-state index is 0.0939. The molecular weight excluding hydrogens is 268 g/mol. The lowest BCUT2D eigenvalue weighted by Gasteiger charge is -2.16. The van der Waals surface area contributed by atoms with E-state index in [0.717, 1.165) is 17.1 Å². The van der Waals surface area contributed by atoms with Crippen LogP contribution in [0.5, 0.6) is 5.75 Å². The molecule has 0 radical (unpaired) electrons. The van der Waals surface area contributed by atoms with Gasteiger partial charge in [0.25, 0.3) is 0 Å². The summed E-state index contributed by atoms with van der Waals surface area (Å²) in [5, 5.41) is 0. The summed E-state index contributed by atoms with van der Waals surface area (Å²) >= 11 is 1.79. The standard InChI is InChI=1S/C16H20N2OS/c1-12-6-8-15(9-7-12)20-11-16(18-17)13-4-3-5-14(10-13)19-2/h3-10,16,18H,11,17H2,1-2H3. The lowest BCUT2D eigenvalue weighted by atomic mass is 10.1. The van der Waals surface area contributed by atoms with Crippen LogP contribution in [0.1, 0.15) is 17.2 Å². The second-order valence-electron chi connectivity index (χ2n) is 4.62. The predicted molar refractivity (Wildman–Crippen MR) is 85.0 cm³/mol. The first kappa shape index (κ1) is 14.9. The smallest absolute Gasteiger partial charge is 0.119 e. The van der Waals surface area contributed by atoms with Gasteiger partial charge in [0.15, 0.2) is 0 Å². The number of hydrogen-bond donors (Lipinski definition) is 2. The molecule has 2 rings (SSSR count). The molecule has 2 aromatic carbocycles. The van der Waals surface area contributed by atoms with Gasteiger partial charge in [-0.3, -0.25) is 11.3 Å². The Hall–Kier alpha value is -1.49. The van der Waals surface area contributed by atoms with Gasteiger partial charge in [-0.15, -0.1) is 11.8 Å². The fraction of sp³-hybridized carbons (Fsp3) is 0.250. The molecule has 0 heterocycles. The molecule has 0 aliphatic heterocycles. The van der Waals surface area contributed by atoms with Gasteiger partial charge in [0.2, 0.25) is 0 Å². The zero-order chi connectivity index (χ0) is 14.4. The van der Waals surface area contributed by atoms with Crippen molar-refractivity contribution >= 4 is 11.8 Å². The van der Waals surface area contributed by atoms with Gasteiger partial charge in [-0.2, -0.15) is 0 Å². The van der Waals surface area contributed by atoms with Crippen molar-refractivity contribution in [2.45, 2.75) is 17.9 Å². The van der Waals surface area contributed by atoms with Crippen LogP contribution in [-0.4, -0.2) is 12.9 Å². The maximum absolute atomic E-state index is 5.68. The number of benzene rings is 2. The highest BCUT2D eigenvalue weighted by Gasteiger charge is 2.11. The first-order valence-corrected chi connectivity index (χ1v) is 7.51. The summed E-state index contributed by atoms with van der Waals surface area (Å²) < 4.78 is 5.25. The van der Waals surface area contributed by atoms with Crippen LogP contribution in [0, 0.1) is 6.92 Å². The molecule has 0 bridgehead atoms. The summed E-state index contributed by atoms with van der Waals surface area (Å²) in [6, 6.07) is 16.6. The summed E-state index contributed by atoms with van der Waals surface area (Å²) in [5.41, 5.74) is 5.28. The molecule has 1 unspecified atom stereocenters. The van der Waals surface area contributed by atoms with E-state index in [1.165, 1.54) is 10.5 Å². The maximum atomic E-state index is 5.68. The number of nitrogens with one attached hydrogen (secondary N) is 1. The Morgan fingerprint density at radius 1 is 1.20 bits per heavy atom. The molecular formula is C16H20N2OS. The first-order chi connectivity index (χ1) is 9.72. The Morgan fingerprint density at radius 3 is 2.60 bits per heavy atom. The van der Waals surface area contributed by atoms with Crippen molar-refractivity contribution in [2.75, 3.05) is 12.9 Å². The average Bonchev–Trinajstić information content (AvgIpc) is 2.50. The van der Waals surface area contributed by atoms with E-state index in [4.69, 9.17) is 10.6 Å².